The minimum absolute atomic E-state index is 0.0216. The third kappa shape index (κ3) is 3.10. The number of thioether (sulfide) groups is 1. The number of benzene rings is 1. The molecule has 0 aliphatic rings. The molecule has 0 bridgehead atoms. The van der Waals surface area contributed by atoms with Gasteiger partial charge < -0.3 is 5.11 Å². The van der Waals surface area contributed by atoms with Crippen molar-refractivity contribution in [2.45, 2.75) is 4.90 Å². The van der Waals surface area contributed by atoms with Crippen LogP contribution in [0.3, 0.4) is 0 Å². The van der Waals surface area contributed by atoms with E-state index < -0.39 is 4.92 Å². The SMILES string of the molecule is O=[N+]([O-])c1cc(I)ccc1SCCO. The van der Waals surface area contributed by atoms with Crippen LogP contribution in [-0.4, -0.2) is 22.4 Å². The Bertz CT molecular complexity index is 345. The van der Waals surface area contributed by atoms with E-state index in [4.69, 9.17) is 5.11 Å². The van der Waals surface area contributed by atoms with E-state index in [1.54, 1.807) is 6.07 Å². The molecule has 76 valence electrons. The molecule has 0 amide bonds. The summed E-state index contributed by atoms with van der Waals surface area (Å²) in [5, 5.41) is 19.3. The van der Waals surface area contributed by atoms with E-state index in [0.29, 0.717) is 10.6 Å². The Morgan fingerprint density at radius 1 is 1.57 bits per heavy atom. The van der Waals surface area contributed by atoms with Gasteiger partial charge in [0.2, 0.25) is 0 Å². The summed E-state index contributed by atoms with van der Waals surface area (Å²) in [5.41, 5.74) is 0.107. The molecule has 0 aliphatic heterocycles. The molecule has 1 aromatic rings. The normalized spacial score (nSPS) is 10.1. The van der Waals surface area contributed by atoms with Crippen LogP contribution in [0.1, 0.15) is 0 Å². The van der Waals surface area contributed by atoms with Crippen molar-refractivity contribution in [1.82, 2.24) is 0 Å². The van der Waals surface area contributed by atoms with Gasteiger partial charge in [-0.1, -0.05) is 0 Å². The molecule has 4 nitrogen and oxygen atoms in total. The van der Waals surface area contributed by atoms with Gasteiger partial charge in [0.15, 0.2) is 0 Å². The Labute approximate surface area is 99.0 Å². The Balaban J connectivity index is 2.96. The first kappa shape index (κ1) is 11.7. The highest BCUT2D eigenvalue weighted by atomic mass is 127. The average molecular weight is 325 g/mol. The second-order valence-corrected chi connectivity index (χ2v) is 4.82. The van der Waals surface area contributed by atoms with Gasteiger partial charge in [0.05, 0.1) is 16.4 Å². The van der Waals surface area contributed by atoms with E-state index in [0.717, 1.165) is 3.57 Å². The zero-order chi connectivity index (χ0) is 10.6. The van der Waals surface area contributed by atoms with Crippen molar-refractivity contribution in [1.29, 1.82) is 0 Å². The predicted octanol–water partition coefficient (Wildman–Crippen LogP) is 2.28. The second kappa shape index (κ2) is 5.52. The summed E-state index contributed by atoms with van der Waals surface area (Å²) in [6, 6.07) is 5.05. The largest absolute Gasteiger partial charge is 0.396 e. The first-order valence-corrected chi connectivity index (χ1v) is 5.89. The van der Waals surface area contributed by atoms with Crippen molar-refractivity contribution < 1.29 is 10.0 Å². The maximum Gasteiger partial charge on any atom is 0.283 e. The van der Waals surface area contributed by atoms with Crippen LogP contribution in [0.4, 0.5) is 5.69 Å². The van der Waals surface area contributed by atoms with Gasteiger partial charge in [-0.05, 0) is 34.7 Å². The molecule has 6 heteroatoms. The van der Waals surface area contributed by atoms with Crippen LogP contribution in [0.25, 0.3) is 0 Å². The molecular formula is C8H8INO3S. The van der Waals surface area contributed by atoms with Gasteiger partial charge in [-0.25, -0.2) is 0 Å². The van der Waals surface area contributed by atoms with E-state index in [1.807, 2.05) is 28.7 Å². The van der Waals surface area contributed by atoms with Gasteiger partial charge in [-0.2, -0.15) is 0 Å². The quantitative estimate of drug-likeness (QED) is 0.399. The van der Waals surface area contributed by atoms with E-state index in [2.05, 4.69) is 0 Å². The Hall–Kier alpha value is -0.340. The predicted molar refractivity (Wildman–Crippen MR) is 63.6 cm³/mol. The summed E-state index contributed by atoms with van der Waals surface area (Å²) >= 11 is 3.32. The van der Waals surface area contributed by atoms with Crippen molar-refractivity contribution in [3.8, 4) is 0 Å². The van der Waals surface area contributed by atoms with Crippen LogP contribution >= 0.6 is 34.4 Å². The maximum atomic E-state index is 10.7. The number of nitro benzene ring substituents is 1. The standard InChI is InChI=1S/C8H8INO3S/c9-6-1-2-8(14-4-3-11)7(5-6)10(12)13/h1-2,5,11H,3-4H2. The summed E-state index contributed by atoms with van der Waals surface area (Å²) in [6.07, 6.45) is 0. The molecule has 0 saturated heterocycles. The van der Waals surface area contributed by atoms with Gasteiger partial charge in [0.1, 0.15) is 0 Å². The lowest BCUT2D eigenvalue weighted by Crippen LogP contribution is -1.93. The maximum absolute atomic E-state index is 10.7. The molecule has 0 saturated carbocycles. The number of aliphatic hydroxyl groups excluding tert-OH is 1. The summed E-state index contributed by atoms with van der Waals surface area (Å²) in [5.74, 6) is 0.474. The van der Waals surface area contributed by atoms with E-state index >= 15 is 0 Å². The molecular weight excluding hydrogens is 317 g/mol. The summed E-state index contributed by atoms with van der Waals surface area (Å²) in [7, 11) is 0. The fraction of sp³-hybridized carbons (Fsp3) is 0.250. The number of nitro groups is 1. The number of hydrogen-bond acceptors (Lipinski definition) is 4. The molecule has 0 aliphatic carbocycles. The first-order valence-electron chi connectivity index (χ1n) is 3.82. The van der Waals surface area contributed by atoms with Gasteiger partial charge in [-0.15, -0.1) is 11.8 Å². The van der Waals surface area contributed by atoms with Crippen molar-refractivity contribution in [2.24, 2.45) is 0 Å². The highest BCUT2D eigenvalue weighted by Crippen LogP contribution is 2.30. The number of rotatable bonds is 4. The smallest absolute Gasteiger partial charge is 0.283 e. The number of hydrogen-bond donors (Lipinski definition) is 1. The molecule has 0 radical (unpaired) electrons. The molecule has 1 rings (SSSR count). The summed E-state index contributed by atoms with van der Waals surface area (Å²) in [4.78, 5) is 10.9. The van der Waals surface area contributed by atoms with Crippen molar-refractivity contribution in [3.05, 3.63) is 31.9 Å². The number of aliphatic hydroxyl groups is 1. The fourth-order valence-electron chi connectivity index (χ4n) is 0.911. The second-order valence-electron chi connectivity index (χ2n) is 2.44. The monoisotopic (exact) mass is 325 g/mol. The lowest BCUT2D eigenvalue weighted by atomic mass is 10.3. The summed E-state index contributed by atoms with van der Waals surface area (Å²) in [6.45, 7) is 0.0216. The van der Waals surface area contributed by atoms with Crippen LogP contribution in [0.15, 0.2) is 23.1 Å². The topological polar surface area (TPSA) is 63.4 Å². The number of halogens is 1. The Kier molecular flexibility index (Phi) is 4.63. The highest BCUT2D eigenvalue weighted by molar-refractivity contribution is 14.1. The van der Waals surface area contributed by atoms with Gasteiger partial charge in [0, 0.05) is 15.4 Å². The lowest BCUT2D eigenvalue weighted by Gasteiger charge is -2.01. The van der Waals surface area contributed by atoms with Gasteiger partial charge >= 0.3 is 0 Å². The van der Waals surface area contributed by atoms with E-state index in [-0.39, 0.29) is 12.3 Å². The molecule has 0 unspecified atom stereocenters. The fourth-order valence-corrected chi connectivity index (χ4v) is 2.14. The van der Waals surface area contributed by atoms with Gasteiger partial charge in [-0.3, -0.25) is 10.1 Å². The van der Waals surface area contributed by atoms with Crippen LogP contribution < -0.4 is 0 Å². The molecule has 1 N–H and O–H groups in total. The Morgan fingerprint density at radius 3 is 2.86 bits per heavy atom. The van der Waals surface area contributed by atoms with Crippen molar-refractivity contribution >= 4 is 40.0 Å². The van der Waals surface area contributed by atoms with Crippen LogP contribution in [0.2, 0.25) is 0 Å². The summed E-state index contributed by atoms with van der Waals surface area (Å²) < 4.78 is 0.836. The third-order valence-corrected chi connectivity index (χ3v) is 3.18. The minimum atomic E-state index is -0.401. The highest BCUT2D eigenvalue weighted by Gasteiger charge is 2.13. The van der Waals surface area contributed by atoms with Crippen LogP contribution in [0, 0.1) is 13.7 Å². The molecule has 0 fully saturated rings. The van der Waals surface area contributed by atoms with Crippen molar-refractivity contribution in [2.75, 3.05) is 12.4 Å². The molecule has 1 aromatic carbocycles. The van der Waals surface area contributed by atoms with Crippen molar-refractivity contribution in [3.63, 3.8) is 0 Å². The average Bonchev–Trinajstić information content (AvgIpc) is 2.15. The van der Waals surface area contributed by atoms with Crippen LogP contribution in [-0.2, 0) is 0 Å². The molecule has 0 atom stereocenters. The first-order chi connectivity index (χ1) is 6.65. The zero-order valence-electron chi connectivity index (χ0n) is 7.14. The molecule has 0 aromatic heterocycles. The van der Waals surface area contributed by atoms with Crippen LogP contribution in [0.5, 0.6) is 0 Å². The van der Waals surface area contributed by atoms with E-state index in [1.165, 1.54) is 17.8 Å². The molecule has 0 heterocycles. The number of nitrogens with zero attached hydrogens (tertiary/aromatic N) is 1. The zero-order valence-corrected chi connectivity index (χ0v) is 10.1. The van der Waals surface area contributed by atoms with Gasteiger partial charge in [0.25, 0.3) is 5.69 Å². The minimum Gasteiger partial charge on any atom is -0.396 e. The molecule has 14 heavy (non-hydrogen) atoms. The molecule has 0 spiro atoms. The Morgan fingerprint density at radius 2 is 2.29 bits per heavy atom. The van der Waals surface area contributed by atoms with E-state index in [9.17, 15) is 10.1 Å². The third-order valence-electron chi connectivity index (χ3n) is 1.47. The lowest BCUT2D eigenvalue weighted by molar-refractivity contribution is -0.387.